The Morgan fingerprint density at radius 2 is 0.877 bits per heavy atom. The maximum atomic E-state index is 5.18. The largest absolute Gasteiger partial charge is 0.208 e. The molecule has 1 aromatic heterocycles. The highest BCUT2D eigenvalue weighted by molar-refractivity contribution is 6.20. The Morgan fingerprint density at radius 3 is 1.68 bits per heavy atom. The summed E-state index contributed by atoms with van der Waals surface area (Å²) < 4.78 is 0. The molecule has 3 heteroatoms. The number of fused-ring (bicyclic) bond motifs is 7. The van der Waals surface area contributed by atoms with Gasteiger partial charge in [-0.2, -0.15) is 0 Å². The smallest absolute Gasteiger partial charge is 0.164 e. The molecule has 9 aromatic carbocycles. The number of hydrogen-bond acceptors (Lipinski definition) is 3. The van der Waals surface area contributed by atoms with Crippen LogP contribution >= 0.6 is 0 Å². The van der Waals surface area contributed by atoms with E-state index in [1.54, 1.807) is 0 Å². The molecule has 0 saturated carbocycles. The number of benzene rings is 9. The van der Waals surface area contributed by atoms with Gasteiger partial charge in [0.15, 0.2) is 17.5 Å². The van der Waals surface area contributed by atoms with Crippen molar-refractivity contribution in [3.8, 4) is 67.5 Å². The molecule has 1 aliphatic carbocycles. The Labute approximate surface area is 332 Å². The van der Waals surface area contributed by atoms with Crippen molar-refractivity contribution in [2.24, 2.45) is 0 Å². The van der Waals surface area contributed by atoms with Gasteiger partial charge in [0.05, 0.1) is 0 Å². The zero-order chi connectivity index (χ0) is 38.1. The molecule has 0 N–H and O–H groups in total. The molecule has 1 heterocycles. The average molecular weight is 728 g/mol. The zero-order valence-electron chi connectivity index (χ0n) is 31.7. The van der Waals surface area contributed by atoms with Gasteiger partial charge in [-0.15, -0.1) is 0 Å². The van der Waals surface area contributed by atoms with Crippen molar-refractivity contribution in [3.05, 3.63) is 199 Å². The first-order valence-electron chi connectivity index (χ1n) is 19.6. The van der Waals surface area contributed by atoms with Crippen LogP contribution in [0.25, 0.3) is 99.9 Å². The number of hydrogen-bond donors (Lipinski definition) is 0. The molecule has 0 amide bonds. The topological polar surface area (TPSA) is 38.7 Å². The SMILES string of the molecule is CC1(C)c2ccccc2-c2c(-c3cccc(-c4nc(-c5ccccc5)nc(-c5ccc(-c6c7ccccc7cc7c6ccc6ccccc67)cc5)n4)c3)cccc21. The first-order valence-corrected chi connectivity index (χ1v) is 19.6. The Morgan fingerprint density at radius 1 is 0.316 bits per heavy atom. The van der Waals surface area contributed by atoms with E-state index in [2.05, 4.69) is 184 Å². The summed E-state index contributed by atoms with van der Waals surface area (Å²) in [5.41, 5.74) is 12.8. The Hall–Kier alpha value is -7.23. The lowest BCUT2D eigenvalue weighted by atomic mass is 9.82. The molecule has 11 rings (SSSR count). The van der Waals surface area contributed by atoms with E-state index in [0.717, 1.165) is 27.8 Å². The van der Waals surface area contributed by atoms with E-state index < -0.39 is 0 Å². The summed E-state index contributed by atoms with van der Waals surface area (Å²) in [6.45, 7) is 4.65. The molecule has 0 atom stereocenters. The second-order valence-electron chi connectivity index (χ2n) is 15.6. The second-order valence-corrected chi connectivity index (χ2v) is 15.6. The number of nitrogens with zero attached hydrogens (tertiary/aromatic N) is 3. The van der Waals surface area contributed by atoms with Crippen LogP contribution < -0.4 is 0 Å². The van der Waals surface area contributed by atoms with Crippen molar-refractivity contribution in [1.29, 1.82) is 0 Å². The van der Waals surface area contributed by atoms with E-state index in [1.807, 2.05) is 18.2 Å². The third-order valence-corrected chi connectivity index (χ3v) is 11.9. The standard InChI is InChI=1S/C54H37N3/c1-54(2)47-24-11-10-22-45(47)50-43(23-13-25-48(50)54)38-18-12-19-40(32-38)53-56-51(36-15-4-3-5-16-36)55-52(57-53)37-28-26-35(27-29-37)49-42-21-9-7-17-39(42)33-46-41-20-8-6-14-34(41)30-31-44(46)49/h3-33H,1-2H3. The van der Waals surface area contributed by atoms with Crippen LogP contribution in [0.15, 0.2) is 188 Å². The lowest BCUT2D eigenvalue weighted by molar-refractivity contribution is 0.660. The van der Waals surface area contributed by atoms with Gasteiger partial charge in [0.2, 0.25) is 0 Å². The lowest BCUT2D eigenvalue weighted by Crippen LogP contribution is -2.14. The molecule has 0 unspecified atom stereocenters. The van der Waals surface area contributed by atoms with Crippen molar-refractivity contribution in [1.82, 2.24) is 15.0 Å². The molecule has 0 aliphatic heterocycles. The van der Waals surface area contributed by atoms with Gasteiger partial charge in [-0.25, -0.2) is 15.0 Å². The number of aromatic nitrogens is 3. The van der Waals surface area contributed by atoms with E-state index in [-0.39, 0.29) is 5.41 Å². The maximum Gasteiger partial charge on any atom is 0.164 e. The van der Waals surface area contributed by atoms with E-state index in [9.17, 15) is 0 Å². The van der Waals surface area contributed by atoms with Gasteiger partial charge in [0, 0.05) is 22.1 Å². The molecule has 0 saturated heterocycles. The van der Waals surface area contributed by atoms with Crippen molar-refractivity contribution >= 4 is 32.3 Å². The van der Waals surface area contributed by atoms with Crippen molar-refractivity contribution in [2.45, 2.75) is 19.3 Å². The fourth-order valence-corrected chi connectivity index (χ4v) is 9.09. The molecule has 10 aromatic rings. The lowest BCUT2D eigenvalue weighted by Gasteiger charge is -2.21. The average Bonchev–Trinajstić information content (AvgIpc) is 3.51. The van der Waals surface area contributed by atoms with Gasteiger partial charge in [0.1, 0.15) is 0 Å². The highest BCUT2D eigenvalue weighted by Crippen LogP contribution is 2.52. The molecule has 0 bridgehead atoms. The summed E-state index contributed by atoms with van der Waals surface area (Å²) in [7, 11) is 0. The minimum atomic E-state index is -0.0715. The van der Waals surface area contributed by atoms with Crippen LogP contribution in [0.1, 0.15) is 25.0 Å². The highest BCUT2D eigenvalue weighted by Gasteiger charge is 2.36. The first-order chi connectivity index (χ1) is 28.0. The predicted molar refractivity (Wildman–Crippen MR) is 237 cm³/mol. The fourth-order valence-electron chi connectivity index (χ4n) is 9.09. The van der Waals surface area contributed by atoms with E-state index in [4.69, 9.17) is 15.0 Å². The summed E-state index contributed by atoms with van der Waals surface area (Å²) in [5, 5.41) is 7.47. The van der Waals surface area contributed by atoms with Gasteiger partial charge in [0.25, 0.3) is 0 Å². The minimum absolute atomic E-state index is 0.0715. The molecule has 0 spiro atoms. The summed E-state index contributed by atoms with van der Waals surface area (Å²) in [6, 6.07) is 67.3. The fraction of sp³-hybridized carbons (Fsp3) is 0.0556. The molecular weight excluding hydrogens is 691 g/mol. The van der Waals surface area contributed by atoms with Crippen LogP contribution in [0.5, 0.6) is 0 Å². The quantitative estimate of drug-likeness (QED) is 0.131. The minimum Gasteiger partial charge on any atom is -0.208 e. The van der Waals surface area contributed by atoms with E-state index in [0.29, 0.717) is 17.5 Å². The van der Waals surface area contributed by atoms with Crippen LogP contribution in [0.2, 0.25) is 0 Å². The highest BCUT2D eigenvalue weighted by atomic mass is 15.0. The third kappa shape index (κ3) is 5.38. The molecule has 268 valence electrons. The summed E-state index contributed by atoms with van der Waals surface area (Å²) in [6.07, 6.45) is 0. The van der Waals surface area contributed by atoms with Gasteiger partial charge in [-0.3, -0.25) is 0 Å². The van der Waals surface area contributed by atoms with Crippen LogP contribution in [-0.2, 0) is 5.41 Å². The summed E-state index contributed by atoms with van der Waals surface area (Å²) in [4.78, 5) is 15.4. The summed E-state index contributed by atoms with van der Waals surface area (Å²) >= 11 is 0. The van der Waals surface area contributed by atoms with Gasteiger partial charge in [-0.1, -0.05) is 190 Å². The summed E-state index contributed by atoms with van der Waals surface area (Å²) in [5.74, 6) is 1.93. The second kappa shape index (κ2) is 12.9. The molecule has 1 aliphatic rings. The Bertz CT molecular complexity index is 3200. The Balaban J connectivity index is 1.04. The first kappa shape index (κ1) is 33.1. The maximum absolute atomic E-state index is 5.18. The molecule has 57 heavy (non-hydrogen) atoms. The van der Waals surface area contributed by atoms with Crippen LogP contribution in [0.4, 0.5) is 0 Å². The predicted octanol–water partition coefficient (Wildman–Crippen LogP) is 14.0. The van der Waals surface area contributed by atoms with Gasteiger partial charge >= 0.3 is 0 Å². The van der Waals surface area contributed by atoms with Gasteiger partial charge < -0.3 is 0 Å². The third-order valence-electron chi connectivity index (χ3n) is 11.9. The normalized spacial score (nSPS) is 12.9. The van der Waals surface area contributed by atoms with Crippen LogP contribution in [0, 0.1) is 0 Å². The zero-order valence-corrected chi connectivity index (χ0v) is 31.7. The molecule has 3 nitrogen and oxygen atoms in total. The molecular formula is C54H37N3. The van der Waals surface area contributed by atoms with E-state index in [1.165, 1.54) is 65.7 Å². The van der Waals surface area contributed by atoms with E-state index >= 15 is 0 Å². The van der Waals surface area contributed by atoms with Crippen molar-refractivity contribution in [2.75, 3.05) is 0 Å². The van der Waals surface area contributed by atoms with Crippen LogP contribution in [-0.4, -0.2) is 15.0 Å². The van der Waals surface area contributed by atoms with Crippen LogP contribution in [0.3, 0.4) is 0 Å². The van der Waals surface area contributed by atoms with Crippen molar-refractivity contribution < 1.29 is 0 Å². The Kier molecular flexibility index (Phi) is 7.52. The monoisotopic (exact) mass is 727 g/mol. The molecule has 0 radical (unpaired) electrons. The number of rotatable bonds is 5. The van der Waals surface area contributed by atoms with Gasteiger partial charge in [-0.05, 0) is 89.0 Å². The molecule has 0 fully saturated rings. The van der Waals surface area contributed by atoms with Crippen molar-refractivity contribution in [3.63, 3.8) is 0 Å².